The highest BCUT2D eigenvalue weighted by Crippen LogP contribution is 2.30. The molecule has 8 nitrogen and oxygen atoms in total. The van der Waals surface area contributed by atoms with E-state index in [0.29, 0.717) is 18.8 Å². The minimum Gasteiger partial charge on any atom is -0.479 e. The third kappa shape index (κ3) is 4.84. The van der Waals surface area contributed by atoms with Crippen molar-refractivity contribution >= 4 is 22.9 Å². The fraction of sp³-hybridized carbons (Fsp3) is 0.391. The third-order valence-electron chi connectivity index (χ3n) is 5.42. The molecule has 0 spiro atoms. The van der Waals surface area contributed by atoms with Crippen LogP contribution in [0.1, 0.15) is 28.8 Å². The lowest BCUT2D eigenvalue weighted by molar-refractivity contribution is -0.147. The molecule has 0 radical (unpaired) electrons. The Balaban J connectivity index is 1.82. The molecule has 2 heterocycles. The number of methoxy groups -OCH3 is 2. The summed E-state index contributed by atoms with van der Waals surface area (Å²) in [6.07, 6.45) is 0.755. The van der Waals surface area contributed by atoms with Gasteiger partial charge in [0.25, 0.3) is 0 Å². The van der Waals surface area contributed by atoms with Crippen LogP contribution in [0.4, 0.5) is 0 Å². The number of carbonyl (C=O) groups is 2. The first-order chi connectivity index (χ1) is 14.8. The summed E-state index contributed by atoms with van der Waals surface area (Å²) in [4.78, 5) is 31.1. The van der Waals surface area contributed by atoms with E-state index in [-0.39, 0.29) is 18.9 Å². The summed E-state index contributed by atoms with van der Waals surface area (Å²) in [5, 5.41) is 5.22. The van der Waals surface area contributed by atoms with Crippen molar-refractivity contribution in [3.8, 4) is 5.88 Å². The van der Waals surface area contributed by atoms with Gasteiger partial charge in [0.05, 0.1) is 19.6 Å². The summed E-state index contributed by atoms with van der Waals surface area (Å²) < 4.78 is 11.9. The topological polar surface area (TPSA) is 86.6 Å². The van der Waals surface area contributed by atoms with Gasteiger partial charge in [-0.1, -0.05) is 30.3 Å². The molecule has 164 valence electrons. The van der Waals surface area contributed by atoms with Gasteiger partial charge in [-0.05, 0) is 37.0 Å². The van der Waals surface area contributed by atoms with Crippen molar-refractivity contribution in [2.75, 3.05) is 20.8 Å². The van der Waals surface area contributed by atoms with Gasteiger partial charge < -0.3 is 14.4 Å². The molecule has 0 N–H and O–H groups in total. The lowest BCUT2D eigenvalue weighted by Gasteiger charge is -2.22. The van der Waals surface area contributed by atoms with Gasteiger partial charge in [0.15, 0.2) is 5.65 Å². The largest absolute Gasteiger partial charge is 0.479 e. The number of benzene rings is 1. The Labute approximate surface area is 181 Å². The van der Waals surface area contributed by atoms with Gasteiger partial charge in [0.1, 0.15) is 6.54 Å². The smallest absolute Gasteiger partial charge is 0.325 e. The second kappa shape index (κ2) is 9.59. The zero-order valence-electron chi connectivity index (χ0n) is 18.6. The Bertz CT molecular complexity index is 1090. The molecule has 31 heavy (non-hydrogen) atoms. The van der Waals surface area contributed by atoms with Gasteiger partial charge in [-0.25, -0.2) is 9.67 Å². The fourth-order valence-corrected chi connectivity index (χ4v) is 3.75. The molecule has 0 saturated carbocycles. The van der Waals surface area contributed by atoms with Crippen molar-refractivity contribution < 1.29 is 19.1 Å². The minimum atomic E-state index is -0.445. The quantitative estimate of drug-likeness (QED) is 0.517. The maximum Gasteiger partial charge on any atom is 0.325 e. The van der Waals surface area contributed by atoms with Crippen molar-refractivity contribution in [3.63, 3.8) is 0 Å². The normalized spacial score (nSPS) is 10.9. The van der Waals surface area contributed by atoms with Crippen LogP contribution in [0.2, 0.25) is 0 Å². The number of fused-ring (bicyclic) bond motifs is 1. The average Bonchev–Trinajstić information content (AvgIpc) is 3.09. The SMILES string of the molecule is COC(=O)CN(Cc1ccccc1)C(=O)CCc1c(C)nc2c(c(OC)nn2C)c1C. The van der Waals surface area contributed by atoms with Crippen LogP contribution in [-0.4, -0.2) is 52.3 Å². The van der Waals surface area contributed by atoms with Gasteiger partial charge in [0, 0.05) is 25.7 Å². The van der Waals surface area contributed by atoms with Crippen LogP contribution >= 0.6 is 0 Å². The van der Waals surface area contributed by atoms with Crippen LogP contribution in [0.5, 0.6) is 5.88 Å². The summed E-state index contributed by atoms with van der Waals surface area (Å²) in [6, 6.07) is 9.59. The summed E-state index contributed by atoms with van der Waals surface area (Å²) in [5.74, 6) is -0.0439. The molecule has 0 saturated heterocycles. The maximum absolute atomic E-state index is 13.0. The minimum absolute atomic E-state index is 0.0874. The third-order valence-corrected chi connectivity index (χ3v) is 5.42. The fourth-order valence-electron chi connectivity index (χ4n) is 3.75. The van der Waals surface area contributed by atoms with E-state index < -0.39 is 5.97 Å². The predicted octanol–water partition coefficient (Wildman–Crippen LogP) is 2.73. The number of aromatic nitrogens is 3. The number of nitrogens with zero attached hydrogens (tertiary/aromatic N) is 4. The number of esters is 1. The average molecular weight is 425 g/mol. The number of ether oxygens (including phenoxy) is 2. The maximum atomic E-state index is 13.0. The van der Waals surface area contributed by atoms with Gasteiger partial charge in [-0.2, -0.15) is 0 Å². The molecule has 0 atom stereocenters. The summed E-state index contributed by atoms with van der Waals surface area (Å²) in [5.41, 5.74) is 4.55. The predicted molar refractivity (Wildman–Crippen MR) is 117 cm³/mol. The van der Waals surface area contributed by atoms with Gasteiger partial charge in [-0.3, -0.25) is 9.59 Å². The first-order valence-electron chi connectivity index (χ1n) is 10.1. The molecule has 0 aliphatic heterocycles. The van der Waals surface area contributed by atoms with Crippen molar-refractivity contribution in [2.45, 2.75) is 33.2 Å². The summed E-state index contributed by atoms with van der Waals surface area (Å²) in [6.45, 7) is 4.19. The molecule has 1 amide bonds. The van der Waals surface area contributed by atoms with E-state index in [4.69, 9.17) is 9.47 Å². The van der Waals surface area contributed by atoms with Crippen LogP contribution in [0.25, 0.3) is 11.0 Å². The molecule has 3 rings (SSSR count). The van der Waals surface area contributed by atoms with E-state index in [9.17, 15) is 9.59 Å². The van der Waals surface area contributed by atoms with E-state index in [1.807, 2.05) is 51.2 Å². The summed E-state index contributed by atoms with van der Waals surface area (Å²) in [7, 11) is 4.73. The highest BCUT2D eigenvalue weighted by Gasteiger charge is 2.21. The number of aryl methyl sites for hydroxylation is 3. The van der Waals surface area contributed by atoms with Gasteiger partial charge in [0.2, 0.25) is 11.8 Å². The molecule has 0 aliphatic carbocycles. The van der Waals surface area contributed by atoms with Crippen molar-refractivity contribution in [2.24, 2.45) is 7.05 Å². The van der Waals surface area contributed by atoms with Crippen molar-refractivity contribution in [1.82, 2.24) is 19.7 Å². The molecule has 0 fully saturated rings. The van der Waals surface area contributed by atoms with Crippen LogP contribution in [0.3, 0.4) is 0 Å². The molecular weight excluding hydrogens is 396 g/mol. The highest BCUT2D eigenvalue weighted by atomic mass is 16.5. The van der Waals surface area contributed by atoms with E-state index in [1.54, 1.807) is 11.8 Å². The molecule has 0 unspecified atom stereocenters. The number of hydrogen-bond acceptors (Lipinski definition) is 6. The molecule has 3 aromatic rings. The van der Waals surface area contributed by atoms with E-state index in [2.05, 4.69) is 10.1 Å². The molecule has 2 aromatic heterocycles. The zero-order valence-corrected chi connectivity index (χ0v) is 18.6. The van der Waals surface area contributed by atoms with E-state index in [0.717, 1.165) is 33.4 Å². The number of hydrogen-bond donors (Lipinski definition) is 0. The van der Waals surface area contributed by atoms with Crippen LogP contribution in [0.15, 0.2) is 30.3 Å². The molecule has 0 aliphatic rings. The van der Waals surface area contributed by atoms with Crippen molar-refractivity contribution in [1.29, 1.82) is 0 Å². The number of rotatable bonds is 8. The second-order valence-electron chi connectivity index (χ2n) is 7.44. The Morgan fingerprint density at radius 3 is 2.48 bits per heavy atom. The molecule has 0 bridgehead atoms. The van der Waals surface area contributed by atoms with Gasteiger partial charge >= 0.3 is 5.97 Å². The lowest BCUT2D eigenvalue weighted by atomic mass is 10.00. The Morgan fingerprint density at radius 1 is 1.13 bits per heavy atom. The highest BCUT2D eigenvalue weighted by molar-refractivity contribution is 5.87. The van der Waals surface area contributed by atoms with Crippen LogP contribution < -0.4 is 4.74 Å². The first kappa shape index (κ1) is 22.3. The Hall–Kier alpha value is -3.42. The van der Waals surface area contributed by atoms with Crippen LogP contribution in [0, 0.1) is 13.8 Å². The summed E-state index contributed by atoms with van der Waals surface area (Å²) >= 11 is 0. The lowest BCUT2D eigenvalue weighted by Crippen LogP contribution is -2.36. The van der Waals surface area contributed by atoms with Crippen molar-refractivity contribution in [3.05, 3.63) is 52.7 Å². The Morgan fingerprint density at radius 2 is 1.84 bits per heavy atom. The van der Waals surface area contributed by atoms with Crippen LogP contribution in [-0.2, 0) is 34.3 Å². The van der Waals surface area contributed by atoms with E-state index in [1.165, 1.54) is 12.0 Å². The Kier molecular flexibility index (Phi) is 6.89. The number of carbonyl (C=O) groups excluding carboxylic acids is 2. The van der Waals surface area contributed by atoms with Gasteiger partial charge in [-0.15, -0.1) is 5.10 Å². The molecular formula is C23H28N4O4. The standard InChI is InChI=1S/C23H28N4O4/c1-15-18(16(2)24-22-21(15)23(31-5)25-26(22)3)11-12-19(28)27(14-20(29)30-4)13-17-9-7-6-8-10-17/h6-10H,11-14H2,1-5H3. The second-order valence-corrected chi connectivity index (χ2v) is 7.44. The van der Waals surface area contributed by atoms with E-state index >= 15 is 0 Å². The molecule has 1 aromatic carbocycles. The molecule has 8 heteroatoms. The zero-order chi connectivity index (χ0) is 22.5. The number of pyridine rings is 1. The number of amides is 1. The first-order valence-corrected chi connectivity index (χ1v) is 10.1. The monoisotopic (exact) mass is 424 g/mol.